The van der Waals surface area contributed by atoms with Crippen LogP contribution >= 0.6 is 0 Å². The largest absolute Gasteiger partial charge is 0 e. The molecule has 8 rings (SSSR count). The molecule has 0 N–H and O–H groups in total. The molecule has 4 aromatic heterocycles. The second-order valence-electron chi connectivity index (χ2n) is 12.5. The van der Waals surface area contributed by atoms with Crippen molar-refractivity contribution in [2.45, 2.75) is 37.0 Å². The van der Waals surface area contributed by atoms with Gasteiger partial charge >= 0.3 is 99.8 Å². The minimum atomic E-state index is -1.72. The van der Waals surface area contributed by atoms with Crippen LogP contribution in [-0.4, -0.2) is 23.2 Å². The topological polar surface area (TPSA) is 52.1 Å². The fraction of sp³-hybridized carbons (Fsp3) is 0.150. The van der Waals surface area contributed by atoms with Crippen LogP contribution in [0.5, 0.6) is 0 Å². The molecule has 4 nitrogen and oxygen atoms in total. The van der Waals surface area contributed by atoms with Crippen molar-refractivity contribution in [2.75, 3.05) is 0 Å². The number of pyridine rings is 2. The van der Waals surface area contributed by atoms with E-state index in [1.165, 1.54) is 4.40 Å². The zero-order valence-electron chi connectivity index (χ0n) is 27.4. The Kier molecular flexibility index (Phi) is 8.65. The van der Waals surface area contributed by atoms with Crippen LogP contribution in [0.2, 0.25) is 17.3 Å². The average Bonchev–Trinajstić information content (AvgIpc) is 3.63. The summed E-state index contributed by atoms with van der Waals surface area (Å²) in [5, 5.41) is 4.08. The molecule has 6 heteroatoms. The minimum Gasteiger partial charge on any atom is 0 e. The fourth-order valence-electron chi connectivity index (χ4n) is 5.63. The summed E-state index contributed by atoms with van der Waals surface area (Å²) in [4.78, 5) is 9.08. The van der Waals surface area contributed by atoms with Gasteiger partial charge in [0.05, 0.1) is 11.0 Å². The van der Waals surface area contributed by atoms with Crippen LogP contribution in [0.3, 0.4) is 0 Å². The number of furan rings is 2. The van der Waals surface area contributed by atoms with E-state index in [2.05, 4.69) is 57.6 Å². The van der Waals surface area contributed by atoms with Gasteiger partial charge in [-0.25, -0.2) is 0 Å². The Bertz CT molecular complexity index is 2330. The molecule has 0 aliphatic rings. The predicted octanol–water partition coefficient (Wildman–Crippen LogP) is 10.6. The van der Waals surface area contributed by atoms with Gasteiger partial charge in [-0.3, -0.25) is 0 Å². The molecule has 0 fully saturated rings. The first-order valence-electron chi connectivity index (χ1n) is 15.7. The standard InChI is InChI=1S/C26H18NO2.C14H16GeN.Ir/c1-15(2)16-12-13-27-21(14-16)19-8-5-7-17-18-10-11-23-24(26(18)29-25(17)19)20-6-3-4-9-22(20)28-23;1-15(2,3)13-9-10-14(16-11-13)12-7-5-4-6-8-12;/h3-7,9-15H,1-2H3;4-7,9-11H,1-3H3;/q2*-1;/i15D;;. The normalized spacial score (nSPS) is 12.2. The summed E-state index contributed by atoms with van der Waals surface area (Å²) >= 11 is -1.72. The van der Waals surface area contributed by atoms with Crippen molar-refractivity contribution in [3.63, 3.8) is 0 Å². The van der Waals surface area contributed by atoms with Gasteiger partial charge in [0.1, 0.15) is 16.7 Å². The van der Waals surface area contributed by atoms with Gasteiger partial charge in [0.25, 0.3) is 0 Å². The molecule has 231 valence electrons. The van der Waals surface area contributed by atoms with Crippen LogP contribution in [0.15, 0.2) is 118 Å². The van der Waals surface area contributed by atoms with E-state index in [-0.39, 0.29) is 20.1 Å². The third kappa shape index (κ3) is 6.07. The number of benzene rings is 4. The van der Waals surface area contributed by atoms with Crippen molar-refractivity contribution in [3.05, 3.63) is 127 Å². The van der Waals surface area contributed by atoms with E-state index in [1.807, 2.05) is 98.9 Å². The van der Waals surface area contributed by atoms with Crippen LogP contribution in [0.1, 0.15) is 26.7 Å². The van der Waals surface area contributed by atoms with E-state index in [1.54, 1.807) is 6.20 Å². The van der Waals surface area contributed by atoms with E-state index < -0.39 is 19.2 Å². The van der Waals surface area contributed by atoms with Crippen LogP contribution in [0, 0.1) is 12.1 Å². The SMILES string of the molecule is [2H]C(C)(C)c1ccnc(-c2[c-]ccc3c2oc2c3ccc3oc4ccccc4c32)c1.[CH3][Ge]([CH3])([CH3])[c]1ccc(-c2[c-]cccc2)nc1.[Ir]. The maximum Gasteiger partial charge on any atom is 0 e. The van der Waals surface area contributed by atoms with Crippen LogP contribution < -0.4 is 4.40 Å². The van der Waals surface area contributed by atoms with Gasteiger partial charge in [-0.1, -0.05) is 54.6 Å². The van der Waals surface area contributed by atoms with E-state index in [4.69, 9.17) is 10.2 Å². The Morgan fingerprint density at radius 1 is 0.717 bits per heavy atom. The van der Waals surface area contributed by atoms with E-state index >= 15 is 0 Å². The second-order valence-corrected chi connectivity index (χ2v) is 23.2. The van der Waals surface area contributed by atoms with Crippen LogP contribution in [0.4, 0.5) is 0 Å². The minimum absolute atomic E-state index is 0. The molecule has 0 aliphatic carbocycles. The molecule has 0 bridgehead atoms. The number of nitrogens with zero attached hydrogens (tertiary/aromatic N) is 2. The zero-order valence-corrected chi connectivity index (χ0v) is 30.9. The molecule has 0 atom stereocenters. The molecule has 4 aromatic carbocycles. The first-order chi connectivity index (χ1) is 22.1. The summed E-state index contributed by atoms with van der Waals surface area (Å²) in [5.74, 6) is 6.43. The molecule has 8 aromatic rings. The van der Waals surface area contributed by atoms with E-state index in [0.29, 0.717) is 0 Å². The summed E-state index contributed by atoms with van der Waals surface area (Å²) in [5.41, 5.74) is 7.75. The van der Waals surface area contributed by atoms with Crippen molar-refractivity contribution in [1.29, 1.82) is 0 Å². The molecular weight excluding hydrogens is 805 g/mol. The molecule has 0 saturated heterocycles. The average molecular weight is 841 g/mol. The monoisotopic (exact) mass is 842 g/mol. The molecule has 0 spiro atoms. The van der Waals surface area contributed by atoms with Gasteiger partial charge in [-0.05, 0) is 35.9 Å². The van der Waals surface area contributed by atoms with Gasteiger partial charge in [0.15, 0.2) is 0 Å². The third-order valence-corrected chi connectivity index (χ3v) is 12.4. The summed E-state index contributed by atoms with van der Waals surface area (Å²) in [6, 6.07) is 38.6. The predicted molar refractivity (Wildman–Crippen MR) is 189 cm³/mol. The van der Waals surface area contributed by atoms with Gasteiger partial charge in [0, 0.05) is 38.4 Å². The van der Waals surface area contributed by atoms with Gasteiger partial charge in [-0.2, -0.15) is 0 Å². The number of hydrogen-bond acceptors (Lipinski definition) is 4. The van der Waals surface area contributed by atoms with Crippen molar-refractivity contribution >= 4 is 61.5 Å². The second kappa shape index (κ2) is 13.0. The zero-order chi connectivity index (χ0) is 32.1. The number of rotatable bonds is 4. The fourth-order valence-corrected chi connectivity index (χ4v) is 7.80. The summed E-state index contributed by atoms with van der Waals surface area (Å²) in [6.45, 7) is 3.75. The number of aromatic nitrogens is 2. The quantitative estimate of drug-likeness (QED) is 0.131. The van der Waals surface area contributed by atoms with Gasteiger partial charge in [-0.15, -0.1) is 18.2 Å². The Morgan fingerprint density at radius 2 is 1.52 bits per heavy atom. The maximum atomic E-state index is 8.36. The molecule has 1 radical (unpaired) electrons. The summed E-state index contributed by atoms with van der Waals surface area (Å²) < 4.78 is 22.3. The van der Waals surface area contributed by atoms with Crippen molar-refractivity contribution in [1.82, 2.24) is 9.97 Å². The van der Waals surface area contributed by atoms with Crippen molar-refractivity contribution in [2.24, 2.45) is 0 Å². The molecule has 0 aliphatic heterocycles. The Hall–Kier alpha value is -4.03. The molecule has 46 heavy (non-hydrogen) atoms. The number of para-hydroxylation sites is 1. The number of fused-ring (bicyclic) bond motifs is 7. The Balaban J connectivity index is 0.000000194. The smallest absolute Gasteiger partial charge is 0 e. The number of hydrogen-bond donors (Lipinski definition) is 0. The van der Waals surface area contributed by atoms with Gasteiger partial charge in [0.2, 0.25) is 0 Å². The third-order valence-electron chi connectivity index (χ3n) is 8.15. The van der Waals surface area contributed by atoms with Crippen molar-refractivity contribution < 1.29 is 30.3 Å². The summed E-state index contributed by atoms with van der Waals surface area (Å²) in [6.07, 6.45) is 3.79. The molecule has 0 unspecified atom stereocenters. The van der Waals surface area contributed by atoms with Gasteiger partial charge < -0.3 is 13.8 Å². The summed E-state index contributed by atoms with van der Waals surface area (Å²) in [7, 11) is 0. The molecule has 0 amide bonds. The van der Waals surface area contributed by atoms with Crippen molar-refractivity contribution in [3.8, 4) is 22.5 Å². The van der Waals surface area contributed by atoms with Crippen LogP contribution in [0.25, 0.3) is 66.4 Å². The Labute approximate surface area is 287 Å². The Morgan fingerprint density at radius 3 is 2.26 bits per heavy atom. The molecular formula is C40H34GeIrN2O2-2. The maximum absolute atomic E-state index is 8.36. The first-order valence-corrected chi connectivity index (χ1v) is 22.5. The van der Waals surface area contributed by atoms with E-state index in [9.17, 15) is 0 Å². The molecule has 0 saturated carbocycles. The first kappa shape index (κ1) is 30.6. The van der Waals surface area contributed by atoms with E-state index in [0.717, 1.165) is 72.0 Å². The molecule has 4 heterocycles. The van der Waals surface area contributed by atoms with Crippen LogP contribution in [-0.2, 0) is 20.1 Å².